The summed E-state index contributed by atoms with van der Waals surface area (Å²) < 4.78 is 43.6. The predicted octanol–water partition coefficient (Wildman–Crippen LogP) is 3.32. The molecule has 1 aliphatic rings. The van der Waals surface area contributed by atoms with Crippen LogP contribution in [0.15, 0.2) is 18.2 Å². The van der Waals surface area contributed by atoms with E-state index in [0.717, 1.165) is 31.4 Å². The fourth-order valence-corrected chi connectivity index (χ4v) is 2.79. The Kier molecular flexibility index (Phi) is 4.73. The standard InChI is InChI=1S/C14H17F3N2OS/c1-20-12-4-2-3-11(12)19-10-6-5-8(14(15,16)17)7-9(10)13(18)21/h5-7,11-12,19H,2-4H2,1H3,(H2,18,21). The van der Waals surface area contributed by atoms with Crippen molar-refractivity contribution in [3.8, 4) is 0 Å². The van der Waals surface area contributed by atoms with Crippen LogP contribution in [0.4, 0.5) is 18.9 Å². The van der Waals surface area contributed by atoms with E-state index in [9.17, 15) is 13.2 Å². The Morgan fingerprint density at radius 1 is 1.38 bits per heavy atom. The highest BCUT2D eigenvalue weighted by Crippen LogP contribution is 2.33. The Labute approximate surface area is 126 Å². The van der Waals surface area contributed by atoms with Crippen molar-refractivity contribution >= 4 is 22.9 Å². The minimum Gasteiger partial charge on any atom is -0.389 e. The zero-order valence-electron chi connectivity index (χ0n) is 11.5. The van der Waals surface area contributed by atoms with Gasteiger partial charge in [-0.25, -0.2) is 0 Å². The summed E-state index contributed by atoms with van der Waals surface area (Å²) >= 11 is 4.87. The molecular weight excluding hydrogens is 301 g/mol. The van der Waals surface area contributed by atoms with Gasteiger partial charge in [0, 0.05) is 18.4 Å². The molecule has 2 rings (SSSR count). The summed E-state index contributed by atoms with van der Waals surface area (Å²) in [7, 11) is 1.63. The molecule has 2 atom stereocenters. The minimum atomic E-state index is -4.42. The minimum absolute atomic E-state index is 0.0477. The largest absolute Gasteiger partial charge is 0.416 e. The number of ether oxygens (including phenoxy) is 1. The molecule has 0 bridgehead atoms. The molecule has 3 N–H and O–H groups in total. The Hall–Kier alpha value is -1.34. The third kappa shape index (κ3) is 3.65. The maximum atomic E-state index is 12.8. The van der Waals surface area contributed by atoms with Crippen LogP contribution in [-0.2, 0) is 10.9 Å². The van der Waals surface area contributed by atoms with Crippen LogP contribution in [0.1, 0.15) is 30.4 Å². The molecule has 2 unspecified atom stereocenters. The molecule has 3 nitrogen and oxygen atoms in total. The number of alkyl halides is 3. The second-order valence-electron chi connectivity index (χ2n) is 5.08. The van der Waals surface area contributed by atoms with E-state index >= 15 is 0 Å². The van der Waals surface area contributed by atoms with Crippen molar-refractivity contribution < 1.29 is 17.9 Å². The normalized spacial score (nSPS) is 22.3. The summed E-state index contributed by atoms with van der Waals surface area (Å²) in [4.78, 5) is -0.0597. The summed E-state index contributed by atoms with van der Waals surface area (Å²) in [5.74, 6) is 0. The molecule has 0 spiro atoms. The van der Waals surface area contributed by atoms with Gasteiger partial charge in [0.2, 0.25) is 0 Å². The van der Waals surface area contributed by atoms with Gasteiger partial charge in [-0.2, -0.15) is 13.2 Å². The van der Waals surface area contributed by atoms with Crippen LogP contribution in [0.25, 0.3) is 0 Å². The monoisotopic (exact) mass is 318 g/mol. The van der Waals surface area contributed by atoms with Crippen LogP contribution in [0.5, 0.6) is 0 Å². The Morgan fingerprint density at radius 2 is 2.10 bits per heavy atom. The van der Waals surface area contributed by atoms with Crippen molar-refractivity contribution in [2.75, 3.05) is 12.4 Å². The molecule has 1 aromatic carbocycles. The van der Waals surface area contributed by atoms with E-state index in [0.29, 0.717) is 5.69 Å². The van der Waals surface area contributed by atoms with Crippen molar-refractivity contribution in [3.05, 3.63) is 29.3 Å². The lowest BCUT2D eigenvalue weighted by Crippen LogP contribution is -2.30. The Morgan fingerprint density at radius 3 is 2.67 bits per heavy atom. The van der Waals surface area contributed by atoms with Gasteiger partial charge in [-0.15, -0.1) is 0 Å². The molecule has 7 heteroatoms. The molecule has 0 amide bonds. The van der Waals surface area contributed by atoms with E-state index in [-0.39, 0.29) is 22.7 Å². The maximum absolute atomic E-state index is 12.8. The lowest BCUT2D eigenvalue weighted by molar-refractivity contribution is -0.137. The summed E-state index contributed by atoms with van der Waals surface area (Å²) in [5, 5.41) is 3.21. The molecule has 1 aromatic rings. The zero-order valence-corrected chi connectivity index (χ0v) is 12.4. The van der Waals surface area contributed by atoms with Gasteiger partial charge in [-0.3, -0.25) is 0 Å². The number of methoxy groups -OCH3 is 1. The predicted molar refractivity (Wildman–Crippen MR) is 79.4 cm³/mol. The van der Waals surface area contributed by atoms with Gasteiger partial charge in [0.05, 0.1) is 17.7 Å². The number of rotatable bonds is 4. The average molecular weight is 318 g/mol. The van der Waals surface area contributed by atoms with E-state index in [1.165, 1.54) is 6.07 Å². The first-order valence-electron chi connectivity index (χ1n) is 6.63. The second-order valence-corrected chi connectivity index (χ2v) is 5.52. The third-order valence-corrected chi connectivity index (χ3v) is 3.93. The quantitative estimate of drug-likeness (QED) is 0.836. The van der Waals surface area contributed by atoms with Gasteiger partial charge in [-0.1, -0.05) is 12.2 Å². The van der Waals surface area contributed by atoms with Gasteiger partial charge in [0.1, 0.15) is 4.99 Å². The van der Waals surface area contributed by atoms with Crippen molar-refractivity contribution in [1.29, 1.82) is 0 Å². The highest BCUT2D eigenvalue weighted by atomic mass is 32.1. The lowest BCUT2D eigenvalue weighted by Gasteiger charge is -2.23. The average Bonchev–Trinajstić information content (AvgIpc) is 2.84. The number of hydrogen-bond donors (Lipinski definition) is 2. The molecule has 0 aliphatic heterocycles. The molecule has 1 saturated carbocycles. The van der Waals surface area contributed by atoms with Crippen molar-refractivity contribution in [1.82, 2.24) is 0 Å². The zero-order chi connectivity index (χ0) is 15.6. The molecular formula is C14H17F3N2OS. The van der Waals surface area contributed by atoms with Crippen LogP contribution < -0.4 is 11.1 Å². The smallest absolute Gasteiger partial charge is 0.389 e. The topological polar surface area (TPSA) is 47.3 Å². The number of halogens is 3. The van der Waals surface area contributed by atoms with Crippen LogP contribution in [0, 0.1) is 0 Å². The van der Waals surface area contributed by atoms with Crippen molar-refractivity contribution in [3.63, 3.8) is 0 Å². The molecule has 1 fully saturated rings. The van der Waals surface area contributed by atoms with E-state index < -0.39 is 11.7 Å². The van der Waals surface area contributed by atoms with Gasteiger partial charge in [-0.05, 0) is 37.5 Å². The molecule has 116 valence electrons. The van der Waals surface area contributed by atoms with Crippen LogP contribution >= 0.6 is 12.2 Å². The van der Waals surface area contributed by atoms with Gasteiger partial charge in [0.25, 0.3) is 0 Å². The fourth-order valence-electron chi connectivity index (χ4n) is 2.62. The summed E-state index contributed by atoms with van der Waals surface area (Å²) in [6, 6.07) is 3.45. The highest BCUT2D eigenvalue weighted by molar-refractivity contribution is 7.80. The van der Waals surface area contributed by atoms with Gasteiger partial charge >= 0.3 is 6.18 Å². The van der Waals surface area contributed by atoms with E-state index in [1.54, 1.807) is 7.11 Å². The fraction of sp³-hybridized carbons (Fsp3) is 0.500. The molecule has 0 saturated heterocycles. The summed E-state index contributed by atoms with van der Waals surface area (Å²) in [5.41, 5.74) is 5.53. The molecule has 0 heterocycles. The Bertz CT molecular complexity index is 533. The van der Waals surface area contributed by atoms with Gasteiger partial charge < -0.3 is 15.8 Å². The number of benzene rings is 1. The Balaban J connectivity index is 2.29. The number of anilines is 1. The second kappa shape index (κ2) is 6.19. The lowest BCUT2D eigenvalue weighted by atomic mass is 10.1. The molecule has 0 radical (unpaired) electrons. The van der Waals surface area contributed by atoms with Crippen molar-refractivity contribution in [2.45, 2.75) is 37.6 Å². The number of hydrogen-bond acceptors (Lipinski definition) is 3. The number of nitrogens with one attached hydrogen (secondary N) is 1. The molecule has 0 aromatic heterocycles. The van der Waals surface area contributed by atoms with E-state index in [2.05, 4.69) is 5.32 Å². The molecule has 1 aliphatic carbocycles. The van der Waals surface area contributed by atoms with Gasteiger partial charge in [0.15, 0.2) is 0 Å². The SMILES string of the molecule is COC1CCCC1Nc1ccc(C(F)(F)F)cc1C(N)=S. The first-order valence-corrected chi connectivity index (χ1v) is 7.04. The third-order valence-electron chi connectivity index (χ3n) is 3.71. The van der Waals surface area contributed by atoms with E-state index in [4.69, 9.17) is 22.7 Å². The maximum Gasteiger partial charge on any atom is 0.416 e. The highest BCUT2D eigenvalue weighted by Gasteiger charge is 2.32. The summed E-state index contributed by atoms with van der Waals surface area (Å²) in [6.07, 6.45) is -1.53. The number of thiocarbonyl (C=S) groups is 1. The molecule has 21 heavy (non-hydrogen) atoms. The number of nitrogens with two attached hydrogens (primary N) is 1. The van der Waals surface area contributed by atoms with Crippen molar-refractivity contribution in [2.24, 2.45) is 5.73 Å². The first kappa shape index (κ1) is 16.0. The van der Waals surface area contributed by atoms with E-state index in [1.807, 2.05) is 0 Å². The summed E-state index contributed by atoms with van der Waals surface area (Å²) in [6.45, 7) is 0. The van der Waals surface area contributed by atoms with Crippen LogP contribution in [0.3, 0.4) is 0 Å². The van der Waals surface area contributed by atoms with Crippen LogP contribution in [0.2, 0.25) is 0 Å². The van der Waals surface area contributed by atoms with Crippen LogP contribution in [-0.4, -0.2) is 24.2 Å². The first-order chi connectivity index (χ1) is 9.82.